The van der Waals surface area contributed by atoms with Crippen molar-refractivity contribution in [3.63, 3.8) is 0 Å². The van der Waals surface area contributed by atoms with Crippen LogP contribution in [0.15, 0.2) is 48.5 Å². The van der Waals surface area contributed by atoms with Crippen molar-refractivity contribution in [2.24, 2.45) is 0 Å². The quantitative estimate of drug-likeness (QED) is 0.670. The van der Waals surface area contributed by atoms with Gasteiger partial charge in [0.25, 0.3) is 0 Å². The number of halogens is 2. The smallest absolute Gasteiger partial charge is 0.387 e. The summed E-state index contributed by atoms with van der Waals surface area (Å²) in [7, 11) is 0. The minimum Gasteiger partial charge on any atom is -0.435 e. The topological polar surface area (TPSA) is 44.8 Å². The molecule has 0 saturated carbocycles. The first-order valence-electron chi connectivity index (χ1n) is 10.4. The largest absolute Gasteiger partial charge is 0.435 e. The molecular formula is C23H29F2N3O2. The zero-order valence-corrected chi connectivity index (χ0v) is 17.3. The van der Waals surface area contributed by atoms with Crippen LogP contribution < -0.4 is 10.1 Å². The highest BCUT2D eigenvalue weighted by molar-refractivity contribution is 5.90. The Morgan fingerprint density at radius 2 is 1.57 bits per heavy atom. The highest BCUT2D eigenvalue weighted by Crippen LogP contribution is 2.17. The summed E-state index contributed by atoms with van der Waals surface area (Å²) in [6.07, 6.45) is 0.848. The molecule has 30 heavy (non-hydrogen) atoms. The second-order valence-corrected chi connectivity index (χ2v) is 7.48. The predicted octanol–water partition coefficient (Wildman–Crippen LogP) is 4.00. The number of aryl methyl sites for hydroxylation is 1. The summed E-state index contributed by atoms with van der Waals surface area (Å²) >= 11 is 0. The Kier molecular flexibility index (Phi) is 8.16. The Labute approximate surface area is 176 Å². The van der Waals surface area contributed by atoms with Crippen LogP contribution in [0.2, 0.25) is 0 Å². The Morgan fingerprint density at radius 3 is 2.17 bits per heavy atom. The third kappa shape index (κ3) is 7.07. The number of rotatable bonds is 9. The Bertz CT molecular complexity index is 789. The molecule has 0 bridgehead atoms. The van der Waals surface area contributed by atoms with E-state index in [1.165, 1.54) is 17.7 Å². The summed E-state index contributed by atoms with van der Waals surface area (Å²) in [5.41, 5.74) is 2.91. The maximum absolute atomic E-state index is 12.2. The third-order valence-corrected chi connectivity index (χ3v) is 5.35. The molecule has 0 spiro atoms. The normalized spacial score (nSPS) is 15.3. The van der Waals surface area contributed by atoms with Crippen molar-refractivity contribution in [2.75, 3.05) is 38.0 Å². The number of alkyl halides is 2. The van der Waals surface area contributed by atoms with Crippen LogP contribution in [0.25, 0.3) is 0 Å². The van der Waals surface area contributed by atoms with Gasteiger partial charge in [-0.25, -0.2) is 0 Å². The maximum Gasteiger partial charge on any atom is 0.387 e. The fraction of sp³-hybridized carbons (Fsp3) is 0.435. The number of amides is 1. The first-order valence-corrected chi connectivity index (χ1v) is 10.4. The van der Waals surface area contributed by atoms with Gasteiger partial charge < -0.3 is 15.0 Å². The molecule has 0 unspecified atom stereocenters. The van der Waals surface area contributed by atoms with Crippen LogP contribution in [-0.4, -0.2) is 55.0 Å². The van der Waals surface area contributed by atoms with Gasteiger partial charge in [-0.05, 0) is 48.4 Å². The van der Waals surface area contributed by atoms with Gasteiger partial charge in [0.1, 0.15) is 5.75 Å². The number of hydrogen-bond donors (Lipinski definition) is 1. The molecule has 0 atom stereocenters. The molecule has 7 heteroatoms. The van der Waals surface area contributed by atoms with Gasteiger partial charge >= 0.3 is 6.61 Å². The molecule has 3 rings (SSSR count). The molecule has 1 amide bonds. The molecule has 0 radical (unpaired) electrons. The minimum atomic E-state index is -2.83. The molecule has 2 aromatic carbocycles. The van der Waals surface area contributed by atoms with E-state index in [0.29, 0.717) is 12.8 Å². The monoisotopic (exact) mass is 417 g/mol. The lowest BCUT2D eigenvalue weighted by Gasteiger charge is -2.34. The molecule has 1 aliphatic heterocycles. The van der Waals surface area contributed by atoms with Crippen molar-refractivity contribution in [3.05, 3.63) is 59.7 Å². The number of anilines is 1. The van der Waals surface area contributed by atoms with Crippen LogP contribution in [-0.2, 0) is 17.8 Å². The van der Waals surface area contributed by atoms with E-state index in [1.54, 1.807) is 12.1 Å². The van der Waals surface area contributed by atoms with Gasteiger partial charge in [0.2, 0.25) is 5.91 Å². The van der Waals surface area contributed by atoms with Gasteiger partial charge in [0, 0.05) is 44.8 Å². The Hall–Kier alpha value is -2.51. The van der Waals surface area contributed by atoms with Crippen molar-refractivity contribution >= 4 is 11.6 Å². The average Bonchev–Trinajstić information content (AvgIpc) is 2.75. The number of carbonyl (C=O) groups excluding carboxylic acids is 1. The van der Waals surface area contributed by atoms with E-state index in [-0.39, 0.29) is 11.7 Å². The number of nitrogens with zero attached hydrogens (tertiary/aromatic N) is 2. The zero-order valence-electron chi connectivity index (χ0n) is 17.3. The summed E-state index contributed by atoms with van der Waals surface area (Å²) < 4.78 is 28.7. The van der Waals surface area contributed by atoms with Gasteiger partial charge in [0.15, 0.2) is 0 Å². The summed E-state index contributed by atoms with van der Waals surface area (Å²) in [6.45, 7) is 5.81. The van der Waals surface area contributed by atoms with Crippen LogP contribution >= 0.6 is 0 Å². The predicted molar refractivity (Wildman–Crippen MR) is 114 cm³/mol. The van der Waals surface area contributed by atoms with Crippen molar-refractivity contribution in [2.45, 2.75) is 32.9 Å². The molecule has 1 saturated heterocycles. The van der Waals surface area contributed by atoms with Crippen molar-refractivity contribution in [1.82, 2.24) is 9.80 Å². The van der Waals surface area contributed by atoms with Gasteiger partial charge in [-0.1, -0.05) is 31.2 Å². The SMILES string of the molecule is CCN1CCN(Cc2ccc(NC(=O)CCc3ccc(OC(F)F)cc3)cc2)CC1. The van der Waals surface area contributed by atoms with Gasteiger partial charge in [-0.15, -0.1) is 0 Å². The number of hydrogen-bond acceptors (Lipinski definition) is 4. The minimum absolute atomic E-state index is 0.0775. The van der Waals surface area contributed by atoms with Crippen LogP contribution in [0, 0.1) is 0 Å². The third-order valence-electron chi connectivity index (χ3n) is 5.35. The molecule has 1 heterocycles. The zero-order chi connectivity index (χ0) is 21.3. The van der Waals surface area contributed by atoms with E-state index in [1.807, 2.05) is 12.1 Å². The second-order valence-electron chi connectivity index (χ2n) is 7.48. The lowest BCUT2D eigenvalue weighted by atomic mass is 10.1. The molecule has 0 aliphatic carbocycles. The average molecular weight is 418 g/mol. The summed E-state index contributed by atoms with van der Waals surface area (Å²) in [6, 6.07) is 14.4. The molecule has 162 valence electrons. The van der Waals surface area contributed by atoms with Crippen molar-refractivity contribution in [1.29, 1.82) is 0 Å². The molecule has 1 fully saturated rings. The fourth-order valence-electron chi connectivity index (χ4n) is 3.53. The molecule has 1 aliphatic rings. The van der Waals surface area contributed by atoms with E-state index in [9.17, 15) is 13.6 Å². The van der Waals surface area contributed by atoms with Gasteiger partial charge in [-0.3, -0.25) is 9.69 Å². The fourth-order valence-corrected chi connectivity index (χ4v) is 3.53. The lowest BCUT2D eigenvalue weighted by molar-refractivity contribution is -0.116. The van der Waals surface area contributed by atoms with E-state index < -0.39 is 6.61 Å². The first kappa shape index (κ1) is 22.2. The van der Waals surface area contributed by atoms with E-state index in [4.69, 9.17) is 0 Å². The van der Waals surface area contributed by atoms with E-state index in [0.717, 1.165) is 50.5 Å². The Balaban J connectivity index is 1.41. The van der Waals surface area contributed by atoms with Crippen LogP contribution in [0.4, 0.5) is 14.5 Å². The summed E-state index contributed by atoms with van der Waals surface area (Å²) in [5, 5.41) is 2.91. The molecule has 5 nitrogen and oxygen atoms in total. The van der Waals surface area contributed by atoms with Gasteiger partial charge in [0.05, 0.1) is 0 Å². The van der Waals surface area contributed by atoms with Crippen LogP contribution in [0.3, 0.4) is 0 Å². The first-order chi connectivity index (χ1) is 14.5. The van der Waals surface area contributed by atoms with Gasteiger partial charge in [-0.2, -0.15) is 8.78 Å². The van der Waals surface area contributed by atoms with Crippen LogP contribution in [0.5, 0.6) is 5.75 Å². The Morgan fingerprint density at radius 1 is 0.967 bits per heavy atom. The number of nitrogens with one attached hydrogen (secondary N) is 1. The number of carbonyl (C=O) groups is 1. The lowest BCUT2D eigenvalue weighted by Crippen LogP contribution is -2.45. The summed E-state index contributed by atoms with van der Waals surface area (Å²) in [4.78, 5) is 17.1. The van der Waals surface area contributed by atoms with Crippen LogP contribution in [0.1, 0.15) is 24.5 Å². The summed E-state index contributed by atoms with van der Waals surface area (Å²) in [5.74, 6) is 0.0388. The molecule has 2 aromatic rings. The molecule has 1 N–H and O–H groups in total. The second kappa shape index (κ2) is 11.0. The van der Waals surface area contributed by atoms with Crippen molar-refractivity contribution < 1.29 is 18.3 Å². The van der Waals surface area contributed by atoms with E-state index in [2.05, 4.69) is 38.9 Å². The number of likely N-dealkylation sites (N-methyl/N-ethyl adjacent to an activating group) is 1. The van der Waals surface area contributed by atoms with Crippen molar-refractivity contribution in [3.8, 4) is 5.75 Å². The standard InChI is InChI=1S/C23H29F2N3O2/c1-2-27-13-15-28(16-14-27)17-19-3-8-20(9-4-19)26-22(29)12-7-18-5-10-21(11-6-18)30-23(24)25/h3-6,8-11,23H,2,7,12-17H2,1H3,(H,26,29). The molecule has 0 aromatic heterocycles. The highest BCUT2D eigenvalue weighted by Gasteiger charge is 2.15. The van der Waals surface area contributed by atoms with E-state index >= 15 is 0 Å². The number of ether oxygens (including phenoxy) is 1. The highest BCUT2D eigenvalue weighted by atomic mass is 19.3. The maximum atomic E-state index is 12.2. The molecular weight excluding hydrogens is 388 g/mol. The number of benzene rings is 2. The number of piperazine rings is 1.